The minimum atomic E-state index is -0.392. The molecule has 0 spiro atoms. The van der Waals surface area contributed by atoms with Gasteiger partial charge in [0.15, 0.2) is 0 Å². The van der Waals surface area contributed by atoms with Crippen molar-refractivity contribution in [3.63, 3.8) is 0 Å². The summed E-state index contributed by atoms with van der Waals surface area (Å²) in [6.45, 7) is 4.53. The molecule has 0 heterocycles. The molecule has 2 heteroatoms. The van der Waals surface area contributed by atoms with Crippen LogP contribution in [0.1, 0.15) is 6.92 Å². The maximum atomic E-state index is 11.8. The predicted octanol–water partition coefficient (Wildman–Crippen LogP) is 2.61. The Bertz CT molecular complexity index is 101. The summed E-state index contributed by atoms with van der Waals surface area (Å²) >= 11 is 5.19. The molecule has 0 atom stereocenters. The van der Waals surface area contributed by atoms with E-state index in [1.807, 2.05) is 0 Å². The molecular weight excluding hydrogens is 115 g/mol. The van der Waals surface area contributed by atoms with E-state index in [0.717, 1.165) is 0 Å². The molecule has 0 saturated carbocycles. The van der Waals surface area contributed by atoms with Gasteiger partial charge in [0, 0.05) is 0 Å². The highest BCUT2D eigenvalue weighted by molar-refractivity contribution is 6.31. The van der Waals surface area contributed by atoms with Gasteiger partial charge in [0.25, 0.3) is 0 Å². The van der Waals surface area contributed by atoms with Crippen LogP contribution in [0.2, 0.25) is 0 Å². The average Bonchev–Trinajstić information content (AvgIpc) is 1.65. The topological polar surface area (TPSA) is 0 Å². The second-order valence-electron chi connectivity index (χ2n) is 1.09. The molecule has 0 unspecified atom stereocenters. The number of hydrogen-bond donors (Lipinski definition) is 0. The first kappa shape index (κ1) is 6.70. The predicted molar refractivity (Wildman–Crippen MR) is 29.9 cm³/mol. The molecule has 0 aromatic carbocycles. The lowest BCUT2D eigenvalue weighted by Gasteiger charge is -1.82. The summed E-state index contributed by atoms with van der Waals surface area (Å²) in [5.74, 6) is -0.392. The first-order valence-electron chi connectivity index (χ1n) is 1.82. The van der Waals surface area contributed by atoms with Crippen molar-refractivity contribution in [3.8, 4) is 0 Å². The van der Waals surface area contributed by atoms with E-state index in [4.69, 9.17) is 11.6 Å². The second kappa shape index (κ2) is 2.80. The number of hydrogen-bond acceptors (Lipinski definition) is 0. The number of rotatable bonds is 1. The van der Waals surface area contributed by atoms with Crippen molar-refractivity contribution in [3.05, 3.63) is 23.5 Å². The fourth-order valence-corrected chi connectivity index (χ4v) is 0.141. The van der Waals surface area contributed by atoms with Gasteiger partial charge in [0.1, 0.15) is 5.83 Å². The first-order valence-corrected chi connectivity index (χ1v) is 2.20. The van der Waals surface area contributed by atoms with Crippen LogP contribution >= 0.6 is 11.6 Å². The van der Waals surface area contributed by atoms with Crippen LogP contribution in [-0.2, 0) is 0 Å². The zero-order chi connectivity index (χ0) is 5.86. The van der Waals surface area contributed by atoms with Crippen molar-refractivity contribution in [2.24, 2.45) is 0 Å². The Hall–Kier alpha value is -0.300. The SMILES string of the molecule is C=CC(Cl)=C(C)F. The van der Waals surface area contributed by atoms with Crippen molar-refractivity contribution in [2.75, 3.05) is 0 Å². The van der Waals surface area contributed by atoms with Crippen LogP contribution in [0.25, 0.3) is 0 Å². The minimum absolute atomic E-state index is 0.0833. The molecule has 0 aliphatic carbocycles. The lowest BCUT2D eigenvalue weighted by atomic mass is 10.5. The van der Waals surface area contributed by atoms with Gasteiger partial charge < -0.3 is 0 Å². The van der Waals surface area contributed by atoms with Crippen molar-refractivity contribution in [2.45, 2.75) is 6.92 Å². The van der Waals surface area contributed by atoms with E-state index in [0.29, 0.717) is 0 Å². The Morgan fingerprint density at radius 1 is 1.86 bits per heavy atom. The van der Waals surface area contributed by atoms with Crippen molar-refractivity contribution < 1.29 is 4.39 Å². The quantitative estimate of drug-likeness (QED) is 0.467. The summed E-state index contributed by atoms with van der Waals surface area (Å²) in [6, 6.07) is 0. The van der Waals surface area contributed by atoms with E-state index in [2.05, 4.69) is 6.58 Å². The second-order valence-corrected chi connectivity index (χ2v) is 1.49. The number of allylic oxidation sites excluding steroid dienone is 3. The summed E-state index contributed by atoms with van der Waals surface area (Å²) in [5.41, 5.74) is 0. The molecule has 0 aromatic rings. The van der Waals surface area contributed by atoms with Gasteiger partial charge >= 0.3 is 0 Å². The zero-order valence-corrected chi connectivity index (χ0v) is 4.80. The average molecular weight is 121 g/mol. The molecule has 0 rings (SSSR count). The Kier molecular flexibility index (Phi) is 2.68. The molecule has 0 nitrogen and oxygen atoms in total. The highest BCUT2D eigenvalue weighted by Crippen LogP contribution is 2.09. The normalized spacial score (nSPS) is 13.0. The molecule has 0 N–H and O–H groups in total. The molecule has 0 fully saturated rings. The van der Waals surface area contributed by atoms with Crippen LogP contribution in [0.4, 0.5) is 4.39 Å². The van der Waals surface area contributed by atoms with Gasteiger partial charge in [-0.3, -0.25) is 0 Å². The van der Waals surface area contributed by atoms with Crippen LogP contribution in [-0.4, -0.2) is 0 Å². The van der Waals surface area contributed by atoms with Gasteiger partial charge in [-0.05, 0) is 13.0 Å². The zero-order valence-electron chi connectivity index (χ0n) is 4.04. The maximum absolute atomic E-state index is 11.8. The molecule has 0 aromatic heterocycles. The fourth-order valence-electron chi connectivity index (χ4n) is 0.141. The summed E-state index contributed by atoms with van der Waals surface area (Å²) in [4.78, 5) is 0. The third-order valence-corrected chi connectivity index (χ3v) is 0.923. The fraction of sp³-hybridized carbons (Fsp3) is 0.200. The summed E-state index contributed by atoms with van der Waals surface area (Å²) in [5, 5.41) is 0.0833. The van der Waals surface area contributed by atoms with Crippen molar-refractivity contribution in [1.82, 2.24) is 0 Å². The Labute approximate surface area is 47.3 Å². The van der Waals surface area contributed by atoms with Gasteiger partial charge in [0.05, 0.1) is 5.03 Å². The first-order chi connectivity index (χ1) is 3.18. The summed E-state index contributed by atoms with van der Waals surface area (Å²) in [6.07, 6.45) is 1.26. The molecule has 0 radical (unpaired) electrons. The maximum Gasteiger partial charge on any atom is 0.115 e. The van der Waals surface area contributed by atoms with Crippen molar-refractivity contribution in [1.29, 1.82) is 0 Å². The molecule has 0 aliphatic heterocycles. The Balaban J connectivity index is 3.98. The highest BCUT2D eigenvalue weighted by atomic mass is 35.5. The highest BCUT2D eigenvalue weighted by Gasteiger charge is 1.87. The molecule has 0 aliphatic rings. The van der Waals surface area contributed by atoms with E-state index in [1.165, 1.54) is 13.0 Å². The smallest absolute Gasteiger partial charge is 0.115 e. The molecule has 0 amide bonds. The Morgan fingerprint density at radius 3 is 2.29 bits per heavy atom. The van der Waals surface area contributed by atoms with Gasteiger partial charge in [-0.1, -0.05) is 18.2 Å². The van der Waals surface area contributed by atoms with Gasteiger partial charge in [0.2, 0.25) is 0 Å². The van der Waals surface area contributed by atoms with Crippen LogP contribution in [0.5, 0.6) is 0 Å². The standard InChI is InChI=1S/C5H6ClF/c1-3-5(6)4(2)7/h3H,1H2,2H3. The van der Waals surface area contributed by atoms with E-state index < -0.39 is 5.83 Å². The van der Waals surface area contributed by atoms with Gasteiger partial charge in [-0.15, -0.1) is 0 Å². The third-order valence-electron chi connectivity index (χ3n) is 0.508. The van der Waals surface area contributed by atoms with Crippen molar-refractivity contribution >= 4 is 11.6 Å². The van der Waals surface area contributed by atoms with E-state index >= 15 is 0 Å². The minimum Gasteiger partial charge on any atom is -0.211 e. The number of halogens is 2. The van der Waals surface area contributed by atoms with E-state index in [-0.39, 0.29) is 5.03 Å². The largest absolute Gasteiger partial charge is 0.211 e. The van der Waals surface area contributed by atoms with Crippen LogP contribution in [0.15, 0.2) is 23.5 Å². The molecule has 40 valence electrons. The van der Waals surface area contributed by atoms with E-state index in [9.17, 15) is 4.39 Å². The van der Waals surface area contributed by atoms with Gasteiger partial charge in [-0.25, -0.2) is 4.39 Å². The Morgan fingerprint density at radius 2 is 2.29 bits per heavy atom. The van der Waals surface area contributed by atoms with Crippen LogP contribution in [0, 0.1) is 0 Å². The molecule has 0 saturated heterocycles. The van der Waals surface area contributed by atoms with Gasteiger partial charge in [-0.2, -0.15) is 0 Å². The monoisotopic (exact) mass is 120 g/mol. The molecule has 0 bridgehead atoms. The lowest BCUT2D eigenvalue weighted by molar-refractivity contribution is 0.638. The molecular formula is C5H6ClF. The van der Waals surface area contributed by atoms with E-state index in [1.54, 1.807) is 0 Å². The summed E-state index contributed by atoms with van der Waals surface area (Å²) < 4.78 is 11.8. The summed E-state index contributed by atoms with van der Waals surface area (Å²) in [7, 11) is 0. The van der Waals surface area contributed by atoms with Crippen LogP contribution < -0.4 is 0 Å². The third kappa shape index (κ3) is 2.40. The molecule has 7 heavy (non-hydrogen) atoms. The lowest BCUT2D eigenvalue weighted by Crippen LogP contribution is -1.63. The van der Waals surface area contributed by atoms with Crippen LogP contribution in [0.3, 0.4) is 0 Å².